The lowest BCUT2D eigenvalue weighted by Gasteiger charge is -2.33. The van der Waals surface area contributed by atoms with Crippen LogP contribution in [0.15, 0.2) is 24.5 Å². The monoisotopic (exact) mass is 247 g/mol. The maximum Gasteiger partial charge on any atom is 0.226 e. The molecule has 0 N–H and O–H groups in total. The summed E-state index contributed by atoms with van der Waals surface area (Å²) in [6, 6.07) is 4.05. The molecule has 4 heteroatoms. The van der Waals surface area contributed by atoms with Crippen LogP contribution in [0.1, 0.15) is 18.4 Å². The van der Waals surface area contributed by atoms with Gasteiger partial charge in [0.15, 0.2) is 0 Å². The van der Waals surface area contributed by atoms with Crippen molar-refractivity contribution >= 4 is 5.91 Å². The van der Waals surface area contributed by atoms with Crippen molar-refractivity contribution in [3.8, 4) is 0 Å². The standard InChI is InChI=1S/C14H21N3O/c1-16(2)14(18)13-6-4-8-17(11-13)10-12-5-3-7-15-9-12/h3,5,7,9,13H,4,6,8,10-11H2,1-2H3. The molecule has 1 aliphatic heterocycles. The highest BCUT2D eigenvalue weighted by Gasteiger charge is 2.26. The molecule has 0 radical (unpaired) electrons. The number of amides is 1. The van der Waals surface area contributed by atoms with Crippen LogP contribution in [0.4, 0.5) is 0 Å². The van der Waals surface area contributed by atoms with Gasteiger partial charge in [-0.2, -0.15) is 0 Å². The largest absolute Gasteiger partial charge is 0.349 e. The molecule has 0 aromatic carbocycles. The zero-order valence-electron chi connectivity index (χ0n) is 11.2. The summed E-state index contributed by atoms with van der Waals surface area (Å²) in [5, 5.41) is 0. The molecule has 18 heavy (non-hydrogen) atoms. The van der Waals surface area contributed by atoms with Crippen molar-refractivity contribution < 1.29 is 4.79 Å². The SMILES string of the molecule is CN(C)C(=O)C1CCCN(Cc2cccnc2)C1. The lowest BCUT2D eigenvalue weighted by Crippen LogP contribution is -2.42. The van der Waals surface area contributed by atoms with Crippen LogP contribution in [0.25, 0.3) is 0 Å². The van der Waals surface area contributed by atoms with Crippen molar-refractivity contribution in [2.75, 3.05) is 27.2 Å². The Bertz CT molecular complexity index is 391. The Balaban J connectivity index is 1.93. The highest BCUT2D eigenvalue weighted by atomic mass is 16.2. The van der Waals surface area contributed by atoms with Gasteiger partial charge in [0.25, 0.3) is 0 Å². The van der Waals surface area contributed by atoms with Gasteiger partial charge < -0.3 is 4.90 Å². The fourth-order valence-electron chi connectivity index (χ4n) is 2.52. The van der Waals surface area contributed by atoms with Gasteiger partial charge >= 0.3 is 0 Å². The Morgan fingerprint density at radius 1 is 1.56 bits per heavy atom. The number of carbonyl (C=O) groups is 1. The maximum absolute atomic E-state index is 12.0. The number of hydrogen-bond acceptors (Lipinski definition) is 3. The van der Waals surface area contributed by atoms with E-state index >= 15 is 0 Å². The van der Waals surface area contributed by atoms with E-state index in [1.807, 2.05) is 26.4 Å². The van der Waals surface area contributed by atoms with E-state index in [9.17, 15) is 4.79 Å². The Kier molecular flexibility index (Phi) is 4.31. The number of pyridine rings is 1. The number of likely N-dealkylation sites (tertiary alicyclic amines) is 1. The molecule has 0 bridgehead atoms. The van der Waals surface area contributed by atoms with Crippen molar-refractivity contribution in [3.63, 3.8) is 0 Å². The van der Waals surface area contributed by atoms with Crippen LogP contribution >= 0.6 is 0 Å². The second-order valence-electron chi connectivity index (χ2n) is 5.17. The number of carbonyl (C=O) groups excluding carboxylic acids is 1. The Hall–Kier alpha value is -1.42. The Morgan fingerprint density at radius 3 is 3.06 bits per heavy atom. The summed E-state index contributed by atoms with van der Waals surface area (Å²) in [6.07, 6.45) is 5.81. The lowest BCUT2D eigenvalue weighted by atomic mass is 9.96. The third-order valence-electron chi connectivity index (χ3n) is 3.42. The van der Waals surface area contributed by atoms with Crippen LogP contribution in [0.3, 0.4) is 0 Å². The van der Waals surface area contributed by atoms with E-state index in [2.05, 4.69) is 16.0 Å². The minimum Gasteiger partial charge on any atom is -0.349 e. The van der Waals surface area contributed by atoms with Gasteiger partial charge in [0.1, 0.15) is 0 Å². The summed E-state index contributed by atoms with van der Waals surface area (Å²) in [7, 11) is 3.67. The summed E-state index contributed by atoms with van der Waals surface area (Å²) in [4.78, 5) is 20.2. The zero-order chi connectivity index (χ0) is 13.0. The van der Waals surface area contributed by atoms with Crippen molar-refractivity contribution in [1.29, 1.82) is 0 Å². The van der Waals surface area contributed by atoms with Gasteiger partial charge in [-0.25, -0.2) is 0 Å². The summed E-state index contributed by atoms with van der Waals surface area (Å²) >= 11 is 0. The third-order valence-corrected chi connectivity index (χ3v) is 3.42. The third kappa shape index (κ3) is 3.29. The quantitative estimate of drug-likeness (QED) is 0.809. The van der Waals surface area contributed by atoms with Gasteiger partial charge in [0.05, 0.1) is 5.92 Å². The fourth-order valence-corrected chi connectivity index (χ4v) is 2.52. The van der Waals surface area contributed by atoms with Crippen LogP contribution in [0.5, 0.6) is 0 Å². The van der Waals surface area contributed by atoms with Crippen LogP contribution < -0.4 is 0 Å². The molecule has 98 valence electrons. The minimum atomic E-state index is 0.158. The fraction of sp³-hybridized carbons (Fsp3) is 0.571. The number of rotatable bonds is 3. The maximum atomic E-state index is 12.0. The van der Waals surface area contributed by atoms with Crippen molar-refractivity contribution in [1.82, 2.24) is 14.8 Å². The molecule has 1 fully saturated rings. The molecule has 0 aliphatic carbocycles. The molecule has 0 saturated carbocycles. The van der Waals surface area contributed by atoms with Gasteiger partial charge in [-0.1, -0.05) is 6.07 Å². The van der Waals surface area contributed by atoms with E-state index in [1.165, 1.54) is 5.56 Å². The number of hydrogen-bond donors (Lipinski definition) is 0. The molecule has 0 spiro atoms. The van der Waals surface area contributed by atoms with Gasteiger partial charge in [0.2, 0.25) is 5.91 Å². The lowest BCUT2D eigenvalue weighted by molar-refractivity contribution is -0.134. The number of nitrogens with zero attached hydrogens (tertiary/aromatic N) is 3. The molecule has 1 amide bonds. The summed E-state index contributed by atoms with van der Waals surface area (Å²) in [5.41, 5.74) is 1.22. The van der Waals surface area contributed by atoms with Crippen LogP contribution in [-0.2, 0) is 11.3 Å². The molecule has 1 atom stereocenters. The van der Waals surface area contributed by atoms with E-state index in [4.69, 9.17) is 0 Å². The van der Waals surface area contributed by atoms with Gasteiger partial charge in [0, 0.05) is 39.6 Å². The van der Waals surface area contributed by atoms with Gasteiger partial charge in [-0.3, -0.25) is 14.7 Å². The molecule has 1 saturated heterocycles. The molecule has 1 aliphatic rings. The molecule has 1 unspecified atom stereocenters. The summed E-state index contributed by atoms with van der Waals surface area (Å²) < 4.78 is 0. The average molecular weight is 247 g/mol. The van der Waals surface area contributed by atoms with E-state index in [0.717, 1.165) is 32.5 Å². The van der Waals surface area contributed by atoms with E-state index in [1.54, 1.807) is 11.1 Å². The molecule has 1 aromatic rings. The van der Waals surface area contributed by atoms with Crippen molar-refractivity contribution in [2.45, 2.75) is 19.4 Å². The van der Waals surface area contributed by atoms with Gasteiger partial charge in [-0.15, -0.1) is 0 Å². The first-order valence-corrected chi connectivity index (χ1v) is 6.49. The van der Waals surface area contributed by atoms with E-state index in [-0.39, 0.29) is 11.8 Å². The predicted octanol–water partition coefficient (Wildman–Crippen LogP) is 1.38. The smallest absolute Gasteiger partial charge is 0.226 e. The molecule has 2 heterocycles. The van der Waals surface area contributed by atoms with Crippen LogP contribution in [0.2, 0.25) is 0 Å². The first-order chi connectivity index (χ1) is 8.66. The topological polar surface area (TPSA) is 36.4 Å². The highest BCUT2D eigenvalue weighted by molar-refractivity contribution is 5.78. The van der Waals surface area contributed by atoms with E-state index in [0.29, 0.717) is 0 Å². The predicted molar refractivity (Wildman–Crippen MR) is 70.9 cm³/mol. The van der Waals surface area contributed by atoms with E-state index < -0.39 is 0 Å². The molecule has 2 rings (SSSR count). The summed E-state index contributed by atoms with van der Waals surface area (Å²) in [6.45, 7) is 2.84. The molecular formula is C14H21N3O. The minimum absolute atomic E-state index is 0.158. The van der Waals surface area contributed by atoms with Crippen molar-refractivity contribution in [3.05, 3.63) is 30.1 Å². The Labute approximate surface area is 109 Å². The number of aromatic nitrogens is 1. The first kappa shape index (κ1) is 13.0. The second kappa shape index (κ2) is 5.96. The second-order valence-corrected chi connectivity index (χ2v) is 5.17. The highest BCUT2D eigenvalue weighted by Crippen LogP contribution is 2.19. The van der Waals surface area contributed by atoms with Crippen LogP contribution in [0, 0.1) is 5.92 Å². The molecule has 4 nitrogen and oxygen atoms in total. The van der Waals surface area contributed by atoms with Crippen LogP contribution in [-0.4, -0.2) is 47.9 Å². The molecular weight excluding hydrogens is 226 g/mol. The number of piperidine rings is 1. The first-order valence-electron chi connectivity index (χ1n) is 6.49. The Morgan fingerprint density at radius 2 is 2.39 bits per heavy atom. The summed E-state index contributed by atoms with van der Waals surface area (Å²) in [5.74, 6) is 0.413. The van der Waals surface area contributed by atoms with Gasteiger partial charge in [-0.05, 0) is 31.0 Å². The molecule has 1 aromatic heterocycles. The average Bonchev–Trinajstić information content (AvgIpc) is 2.39. The zero-order valence-corrected chi connectivity index (χ0v) is 11.2. The van der Waals surface area contributed by atoms with Crippen molar-refractivity contribution in [2.24, 2.45) is 5.92 Å². The normalized spacial score (nSPS) is 20.7.